The van der Waals surface area contributed by atoms with Crippen LogP contribution < -0.4 is 9.62 Å². The van der Waals surface area contributed by atoms with E-state index in [4.69, 9.17) is 0 Å². The molecule has 2 aromatic carbocycles. The number of nitrogens with zero attached hydrogens (tertiary/aromatic N) is 2. The molecule has 1 unspecified atom stereocenters. The van der Waals surface area contributed by atoms with Crippen molar-refractivity contribution in [2.45, 2.75) is 43.5 Å². The van der Waals surface area contributed by atoms with Gasteiger partial charge in [0.05, 0.1) is 10.6 Å². The van der Waals surface area contributed by atoms with Crippen LogP contribution in [-0.2, 0) is 16.4 Å². The summed E-state index contributed by atoms with van der Waals surface area (Å²) in [6.45, 7) is 5.30. The van der Waals surface area contributed by atoms with Gasteiger partial charge >= 0.3 is 0 Å². The Kier molecular flexibility index (Phi) is 6.11. The van der Waals surface area contributed by atoms with Gasteiger partial charge in [-0.2, -0.15) is 0 Å². The van der Waals surface area contributed by atoms with E-state index in [0.717, 1.165) is 30.8 Å². The second-order valence-electron chi connectivity index (χ2n) is 8.00. The zero-order valence-corrected chi connectivity index (χ0v) is 18.2. The van der Waals surface area contributed by atoms with Crippen LogP contribution in [0.4, 0.5) is 5.69 Å². The summed E-state index contributed by atoms with van der Waals surface area (Å²) < 4.78 is 27.9. The second-order valence-corrected chi connectivity index (χ2v) is 9.86. The first kappa shape index (κ1) is 20.9. The Morgan fingerprint density at radius 2 is 1.83 bits per heavy atom. The molecule has 0 radical (unpaired) electrons. The Hall–Kier alpha value is -2.38. The van der Waals surface area contributed by atoms with Gasteiger partial charge in [-0.3, -0.25) is 14.0 Å². The van der Waals surface area contributed by atoms with Crippen molar-refractivity contribution in [3.8, 4) is 0 Å². The average Bonchev–Trinajstić information content (AvgIpc) is 3.44. The molecule has 0 saturated carbocycles. The number of hydrogen-bond donors (Lipinski definition) is 1. The maximum Gasteiger partial charge on any atom is 0.264 e. The van der Waals surface area contributed by atoms with Gasteiger partial charge in [0.25, 0.3) is 15.9 Å². The molecule has 1 N–H and O–H groups in total. The first-order valence-electron chi connectivity index (χ1n) is 10.7. The van der Waals surface area contributed by atoms with Crippen molar-refractivity contribution in [3.05, 3.63) is 59.7 Å². The van der Waals surface area contributed by atoms with E-state index in [9.17, 15) is 13.2 Å². The smallest absolute Gasteiger partial charge is 0.264 e. The minimum Gasteiger partial charge on any atom is -0.350 e. The lowest BCUT2D eigenvalue weighted by atomic mass is 10.1. The lowest BCUT2D eigenvalue weighted by Crippen LogP contribution is -2.42. The number of amides is 1. The highest BCUT2D eigenvalue weighted by molar-refractivity contribution is 7.92. The summed E-state index contributed by atoms with van der Waals surface area (Å²) in [7, 11) is -3.71. The highest BCUT2D eigenvalue weighted by atomic mass is 32.2. The Bertz CT molecular complexity index is 1020. The SMILES string of the molecule is CCC(CNC(=O)c1cccc(S(=O)(=O)N2CCc3ccccc32)c1)N1CCCC1. The van der Waals surface area contributed by atoms with Crippen LogP contribution in [0, 0.1) is 0 Å². The van der Waals surface area contributed by atoms with Gasteiger partial charge in [0.2, 0.25) is 0 Å². The van der Waals surface area contributed by atoms with Crippen molar-refractivity contribution in [3.63, 3.8) is 0 Å². The number of benzene rings is 2. The van der Waals surface area contributed by atoms with Crippen LogP contribution in [0.1, 0.15) is 42.1 Å². The number of fused-ring (bicyclic) bond motifs is 1. The van der Waals surface area contributed by atoms with Crippen LogP contribution in [0.15, 0.2) is 53.4 Å². The highest BCUT2D eigenvalue weighted by Gasteiger charge is 2.31. The van der Waals surface area contributed by atoms with Crippen LogP contribution in [0.2, 0.25) is 0 Å². The third-order valence-corrected chi connectivity index (χ3v) is 7.96. The molecule has 2 aliphatic heterocycles. The summed E-state index contributed by atoms with van der Waals surface area (Å²) in [6.07, 6.45) is 4.10. The summed E-state index contributed by atoms with van der Waals surface area (Å²) >= 11 is 0. The third kappa shape index (κ3) is 4.09. The van der Waals surface area contributed by atoms with E-state index >= 15 is 0 Å². The standard InChI is InChI=1S/C23H29N3O3S/c1-2-20(25-13-5-6-14-25)17-24-23(27)19-9-7-10-21(16-19)30(28,29)26-15-12-18-8-3-4-11-22(18)26/h3-4,7-11,16,20H,2,5-6,12-15,17H2,1H3,(H,24,27). The summed E-state index contributed by atoms with van der Waals surface area (Å²) in [4.78, 5) is 15.3. The molecule has 30 heavy (non-hydrogen) atoms. The number of rotatable bonds is 7. The summed E-state index contributed by atoms with van der Waals surface area (Å²) in [6, 6.07) is 14.2. The van der Waals surface area contributed by atoms with Gasteiger partial charge in [0, 0.05) is 24.7 Å². The van der Waals surface area contributed by atoms with E-state index in [0.29, 0.717) is 31.1 Å². The predicted molar refractivity (Wildman–Crippen MR) is 118 cm³/mol. The monoisotopic (exact) mass is 427 g/mol. The van der Waals surface area contributed by atoms with Gasteiger partial charge in [-0.05, 0) is 68.6 Å². The predicted octanol–water partition coefficient (Wildman–Crippen LogP) is 3.04. The number of hydrogen-bond acceptors (Lipinski definition) is 4. The minimum atomic E-state index is -3.71. The van der Waals surface area contributed by atoms with Crippen molar-refractivity contribution < 1.29 is 13.2 Å². The molecule has 0 spiro atoms. The number of para-hydroxylation sites is 1. The van der Waals surface area contributed by atoms with Crippen molar-refractivity contribution in [2.24, 2.45) is 0 Å². The van der Waals surface area contributed by atoms with Gasteiger partial charge < -0.3 is 5.32 Å². The van der Waals surface area contributed by atoms with Crippen molar-refractivity contribution in [1.82, 2.24) is 10.2 Å². The highest BCUT2D eigenvalue weighted by Crippen LogP contribution is 2.32. The van der Waals surface area contributed by atoms with Crippen LogP contribution in [0.5, 0.6) is 0 Å². The second kappa shape index (κ2) is 8.78. The largest absolute Gasteiger partial charge is 0.350 e. The van der Waals surface area contributed by atoms with Gasteiger partial charge in [-0.1, -0.05) is 31.2 Å². The van der Waals surface area contributed by atoms with Crippen molar-refractivity contribution >= 4 is 21.6 Å². The number of sulfonamides is 1. The molecule has 2 aromatic rings. The van der Waals surface area contributed by atoms with E-state index in [1.54, 1.807) is 18.2 Å². The van der Waals surface area contributed by atoms with E-state index in [1.165, 1.54) is 23.2 Å². The van der Waals surface area contributed by atoms with E-state index in [-0.39, 0.29) is 10.8 Å². The summed E-state index contributed by atoms with van der Waals surface area (Å²) in [5.41, 5.74) is 2.13. The van der Waals surface area contributed by atoms with Gasteiger partial charge in [0.1, 0.15) is 0 Å². The number of carbonyl (C=O) groups is 1. The minimum absolute atomic E-state index is 0.151. The quantitative estimate of drug-likeness (QED) is 0.737. The molecule has 0 aliphatic carbocycles. The van der Waals surface area contributed by atoms with Crippen molar-refractivity contribution in [2.75, 3.05) is 30.5 Å². The molecule has 1 saturated heterocycles. The lowest BCUT2D eigenvalue weighted by Gasteiger charge is -2.26. The molecule has 160 valence electrons. The van der Waals surface area contributed by atoms with Crippen LogP contribution in [0.3, 0.4) is 0 Å². The van der Waals surface area contributed by atoms with Gasteiger partial charge in [-0.15, -0.1) is 0 Å². The number of nitrogens with one attached hydrogen (secondary N) is 1. The molecular weight excluding hydrogens is 398 g/mol. The molecule has 0 aromatic heterocycles. The normalized spacial score (nSPS) is 17.7. The van der Waals surface area contributed by atoms with E-state index in [1.807, 2.05) is 24.3 Å². The molecule has 4 rings (SSSR count). The summed E-state index contributed by atoms with van der Waals surface area (Å²) in [5.74, 6) is -0.230. The first-order valence-corrected chi connectivity index (χ1v) is 12.2. The molecule has 1 atom stereocenters. The molecule has 1 amide bonds. The Balaban J connectivity index is 1.49. The van der Waals surface area contributed by atoms with E-state index in [2.05, 4.69) is 17.1 Å². The fourth-order valence-corrected chi connectivity index (χ4v) is 5.98. The zero-order valence-electron chi connectivity index (χ0n) is 17.4. The molecule has 1 fully saturated rings. The average molecular weight is 428 g/mol. The van der Waals surface area contributed by atoms with Gasteiger partial charge in [0.15, 0.2) is 0 Å². The Morgan fingerprint density at radius 3 is 2.60 bits per heavy atom. The number of anilines is 1. The maximum absolute atomic E-state index is 13.2. The Labute approximate surface area is 178 Å². The first-order chi connectivity index (χ1) is 14.5. The number of carbonyl (C=O) groups excluding carboxylic acids is 1. The summed E-state index contributed by atoms with van der Waals surface area (Å²) in [5, 5.41) is 3.00. The third-order valence-electron chi connectivity index (χ3n) is 6.16. The van der Waals surface area contributed by atoms with Crippen LogP contribution in [-0.4, -0.2) is 51.4 Å². The number of likely N-dealkylation sites (tertiary alicyclic amines) is 1. The van der Waals surface area contributed by atoms with E-state index < -0.39 is 10.0 Å². The maximum atomic E-state index is 13.2. The van der Waals surface area contributed by atoms with Gasteiger partial charge in [-0.25, -0.2) is 8.42 Å². The molecule has 7 heteroatoms. The topological polar surface area (TPSA) is 69.7 Å². The van der Waals surface area contributed by atoms with Crippen molar-refractivity contribution in [1.29, 1.82) is 0 Å². The fraction of sp³-hybridized carbons (Fsp3) is 0.435. The fourth-order valence-electron chi connectivity index (χ4n) is 4.43. The van der Waals surface area contributed by atoms with Crippen LogP contribution in [0.25, 0.3) is 0 Å². The molecule has 6 nitrogen and oxygen atoms in total. The molecular formula is C23H29N3O3S. The van der Waals surface area contributed by atoms with Crippen LogP contribution >= 0.6 is 0 Å². The molecule has 2 heterocycles. The molecule has 0 bridgehead atoms. The zero-order chi connectivity index (χ0) is 21.1. The lowest BCUT2D eigenvalue weighted by molar-refractivity contribution is 0.0937. The Morgan fingerprint density at radius 1 is 1.07 bits per heavy atom. The molecule has 2 aliphatic rings.